The predicted octanol–water partition coefficient (Wildman–Crippen LogP) is 6.05. The second-order valence-corrected chi connectivity index (χ2v) is 8.39. The van der Waals surface area contributed by atoms with Crippen molar-refractivity contribution in [1.29, 1.82) is 0 Å². The lowest BCUT2D eigenvalue weighted by molar-refractivity contribution is -0.160. The first-order valence-corrected chi connectivity index (χ1v) is 11.4. The number of rotatable bonds is 7. The van der Waals surface area contributed by atoms with Gasteiger partial charge in [-0.25, -0.2) is 0 Å². The van der Waals surface area contributed by atoms with Gasteiger partial charge in [0, 0.05) is 21.7 Å². The highest BCUT2D eigenvalue weighted by molar-refractivity contribution is 6.31. The Labute approximate surface area is 189 Å². The summed E-state index contributed by atoms with van der Waals surface area (Å²) in [6.45, 7) is 3.92. The van der Waals surface area contributed by atoms with Crippen molar-refractivity contribution in [3.8, 4) is 0 Å². The van der Waals surface area contributed by atoms with Gasteiger partial charge in [0.25, 0.3) is 0 Å². The van der Waals surface area contributed by atoms with Gasteiger partial charge < -0.3 is 4.74 Å². The molecule has 4 rings (SSSR count). The highest BCUT2D eigenvalue weighted by atomic mass is 35.5. The second kappa shape index (κ2) is 9.67. The fraction of sp³-hybridized carbons (Fsp3) is 0.296. The smallest absolute Gasteiger partial charge is 0.324 e. The van der Waals surface area contributed by atoms with E-state index < -0.39 is 5.60 Å². The molecule has 3 nitrogen and oxygen atoms in total. The Bertz CT molecular complexity index is 961. The quantitative estimate of drug-likeness (QED) is 0.335. The summed E-state index contributed by atoms with van der Waals surface area (Å²) < 4.78 is 6.58. The number of hydrogen-bond donors (Lipinski definition) is 0. The number of halogens is 1. The maximum atomic E-state index is 13.7. The van der Waals surface area contributed by atoms with Gasteiger partial charge in [-0.2, -0.15) is 0 Å². The Balaban J connectivity index is 1.89. The lowest BCUT2D eigenvalue weighted by Crippen LogP contribution is -2.45. The molecule has 3 aromatic rings. The summed E-state index contributed by atoms with van der Waals surface area (Å²) in [6.07, 6.45) is 2.95. The normalized spacial score (nSPS) is 15.5. The summed E-state index contributed by atoms with van der Waals surface area (Å²) in [5.41, 5.74) is 1.38. The number of likely N-dealkylation sites (tertiary alicyclic amines) is 1. The maximum absolute atomic E-state index is 13.7. The van der Waals surface area contributed by atoms with Crippen molar-refractivity contribution in [2.24, 2.45) is 0 Å². The third-order valence-electron chi connectivity index (χ3n) is 6.11. The van der Waals surface area contributed by atoms with Crippen molar-refractivity contribution in [1.82, 2.24) is 4.90 Å². The van der Waals surface area contributed by atoms with E-state index in [9.17, 15) is 4.79 Å². The number of carbonyl (C=O) groups is 1. The van der Waals surface area contributed by atoms with E-state index in [0.29, 0.717) is 11.4 Å². The monoisotopic (exact) mass is 433 g/mol. The molecular formula is C27H28ClNO2. The molecular weight excluding hydrogens is 406 g/mol. The molecule has 1 fully saturated rings. The van der Waals surface area contributed by atoms with Crippen LogP contribution in [-0.4, -0.2) is 30.0 Å². The zero-order valence-corrected chi connectivity index (χ0v) is 18.6. The SMILES string of the molecule is CCC(C(=O)OC(c1ccccc1)(c1ccccc1)c1ccccc1Cl)N1CCCC1. The number of esters is 1. The minimum Gasteiger partial charge on any atom is -0.443 e. The van der Waals surface area contributed by atoms with E-state index in [1.807, 2.05) is 91.9 Å². The van der Waals surface area contributed by atoms with Crippen molar-refractivity contribution >= 4 is 17.6 Å². The standard InChI is InChI=1S/C27H28ClNO2/c1-2-25(29-19-11-12-20-29)26(30)31-27(21-13-5-3-6-14-21,22-15-7-4-8-16-22)23-17-9-10-18-24(23)28/h3-10,13-18,25H,2,11-12,19-20H2,1H3. The van der Waals surface area contributed by atoms with E-state index in [4.69, 9.17) is 16.3 Å². The molecule has 1 heterocycles. The molecule has 1 aliphatic rings. The highest BCUT2D eigenvalue weighted by Gasteiger charge is 2.44. The first-order valence-electron chi connectivity index (χ1n) is 11.0. The van der Waals surface area contributed by atoms with Crippen LogP contribution in [0.15, 0.2) is 84.9 Å². The average Bonchev–Trinajstić information content (AvgIpc) is 3.34. The molecule has 0 saturated carbocycles. The van der Waals surface area contributed by atoms with Crippen molar-refractivity contribution in [2.45, 2.75) is 37.8 Å². The molecule has 1 unspecified atom stereocenters. The van der Waals surface area contributed by atoms with Gasteiger partial charge in [0.05, 0.1) is 0 Å². The van der Waals surface area contributed by atoms with Crippen LogP contribution in [0.5, 0.6) is 0 Å². The van der Waals surface area contributed by atoms with Crippen molar-refractivity contribution in [3.05, 3.63) is 107 Å². The van der Waals surface area contributed by atoms with E-state index in [-0.39, 0.29) is 12.0 Å². The van der Waals surface area contributed by atoms with Crippen molar-refractivity contribution < 1.29 is 9.53 Å². The molecule has 4 heteroatoms. The molecule has 1 aliphatic heterocycles. The summed E-state index contributed by atoms with van der Waals surface area (Å²) in [6, 6.07) is 27.2. The Morgan fingerprint density at radius 2 is 1.42 bits per heavy atom. The van der Waals surface area contributed by atoms with Gasteiger partial charge in [-0.3, -0.25) is 9.69 Å². The number of carbonyl (C=O) groups excluding carboxylic acids is 1. The Hall–Kier alpha value is -2.62. The number of benzene rings is 3. The summed E-state index contributed by atoms with van der Waals surface area (Å²) in [5.74, 6) is -0.211. The van der Waals surface area contributed by atoms with Crippen LogP contribution in [0.25, 0.3) is 0 Å². The number of nitrogens with zero attached hydrogens (tertiary/aromatic N) is 1. The fourth-order valence-corrected chi connectivity index (χ4v) is 4.86. The Morgan fingerprint density at radius 1 is 0.903 bits per heavy atom. The van der Waals surface area contributed by atoms with Gasteiger partial charge in [-0.05, 0) is 38.4 Å². The van der Waals surface area contributed by atoms with Gasteiger partial charge in [-0.1, -0.05) is 97.4 Å². The van der Waals surface area contributed by atoms with Crippen LogP contribution in [0.4, 0.5) is 0 Å². The van der Waals surface area contributed by atoms with E-state index >= 15 is 0 Å². The summed E-state index contributed by atoms with van der Waals surface area (Å²) in [7, 11) is 0. The molecule has 3 aromatic carbocycles. The van der Waals surface area contributed by atoms with E-state index in [0.717, 1.165) is 42.6 Å². The van der Waals surface area contributed by atoms with E-state index in [1.165, 1.54) is 0 Å². The van der Waals surface area contributed by atoms with Crippen LogP contribution in [0.1, 0.15) is 42.9 Å². The lowest BCUT2D eigenvalue weighted by atomic mass is 9.80. The molecule has 0 bridgehead atoms. The topological polar surface area (TPSA) is 29.5 Å². The fourth-order valence-electron chi connectivity index (χ4n) is 4.59. The maximum Gasteiger partial charge on any atom is 0.324 e. The zero-order valence-electron chi connectivity index (χ0n) is 17.8. The van der Waals surface area contributed by atoms with Gasteiger partial charge in [0.2, 0.25) is 0 Å². The summed E-state index contributed by atoms with van der Waals surface area (Å²) in [4.78, 5) is 15.9. The molecule has 160 valence electrons. The lowest BCUT2D eigenvalue weighted by Gasteiger charge is -2.38. The van der Waals surface area contributed by atoms with E-state index in [2.05, 4.69) is 4.90 Å². The third kappa shape index (κ3) is 4.26. The molecule has 0 N–H and O–H groups in total. The van der Waals surface area contributed by atoms with E-state index in [1.54, 1.807) is 0 Å². The van der Waals surface area contributed by atoms with Gasteiger partial charge in [0.1, 0.15) is 6.04 Å². The molecule has 0 radical (unpaired) electrons. The minimum atomic E-state index is -1.13. The summed E-state index contributed by atoms with van der Waals surface area (Å²) >= 11 is 6.73. The first kappa shape index (κ1) is 21.6. The average molecular weight is 434 g/mol. The first-order chi connectivity index (χ1) is 15.2. The highest BCUT2D eigenvalue weighted by Crippen LogP contribution is 2.43. The third-order valence-corrected chi connectivity index (χ3v) is 6.44. The van der Waals surface area contributed by atoms with Crippen LogP contribution in [0, 0.1) is 0 Å². The predicted molar refractivity (Wildman–Crippen MR) is 125 cm³/mol. The number of hydrogen-bond acceptors (Lipinski definition) is 3. The Kier molecular flexibility index (Phi) is 6.74. The molecule has 0 spiro atoms. The van der Waals surface area contributed by atoms with Crippen LogP contribution in [-0.2, 0) is 15.1 Å². The molecule has 31 heavy (non-hydrogen) atoms. The molecule has 1 saturated heterocycles. The molecule has 0 aliphatic carbocycles. The van der Waals surface area contributed by atoms with Crippen LogP contribution in [0.2, 0.25) is 5.02 Å². The minimum absolute atomic E-state index is 0.211. The molecule has 0 amide bonds. The largest absolute Gasteiger partial charge is 0.443 e. The number of ether oxygens (including phenoxy) is 1. The summed E-state index contributed by atoms with van der Waals surface area (Å²) in [5, 5.41) is 0.567. The van der Waals surface area contributed by atoms with Crippen LogP contribution < -0.4 is 0 Å². The van der Waals surface area contributed by atoms with Crippen LogP contribution in [0.3, 0.4) is 0 Å². The van der Waals surface area contributed by atoms with Crippen molar-refractivity contribution in [2.75, 3.05) is 13.1 Å². The zero-order chi connectivity index (χ0) is 21.7. The Morgan fingerprint density at radius 3 is 1.94 bits per heavy atom. The van der Waals surface area contributed by atoms with Gasteiger partial charge >= 0.3 is 5.97 Å². The molecule has 1 atom stereocenters. The second-order valence-electron chi connectivity index (χ2n) is 7.98. The van der Waals surface area contributed by atoms with Crippen molar-refractivity contribution in [3.63, 3.8) is 0 Å². The van der Waals surface area contributed by atoms with Gasteiger partial charge in [-0.15, -0.1) is 0 Å². The van der Waals surface area contributed by atoms with Gasteiger partial charge in [0.15, 0.2) is 5.60 Å². The van der Waals surface area contributed by atoms with Crippen LogP contribution >= 0.6 is 11.6 Å². The molecule has 0 aromatic heterocycles.